The smallest absolute Gasteiger partial charge is 0.164 e. The van der Waals surface area contributed by atoms with Crippen molar-refractivity contribution in [3.05, 3.63) is 78.3 Å². The quantitative estimate of drug-likeness (QED) is 0.0521. The summed E-state index contributed by atoms with van der Waals surface area (Å²) in [5.41, 5.74) is 4.23. The van der Waals surface area contributed by atoms with Gasteiger partial charge in [-0.15, -0.1) is 40.1 Å². The molecule has 0 fully saturated rings. The number of hydrogen-bond donors (Lipinski definition) is 1. The molecule has 2 aromatic heterocycles. The fourth-order valence-corrected chi connectivity index (χ4v) is 15.0. The molecule has 0 amide bonds. The molecule has 0 spiro atoms. The largest absolute Gasteiger partial charge is 0.512 e. The zero-order valence-electron chi connectivity index (χ0n) is 36.9. The van der Waals surface area contributed by atoms with Gasteiger partial charge in [-0.05, 0) is 61.0 Å². The van der Waals surface area contributed by atoms with Gasteiger partial charge in [0.15, 0.2) is 5.78 Å². The summed E-state index contributed by atoms with van der Waals surface area (Å²) < 4.78 is 2.47. The second-order valence-electron chi connectivity index (χ2n) is 18.9. The molecule has 0 atom stereocenters. The zero-order chi connectivity index (χ0) is 40.9. The number of carbonyl (C=O) groups is 1. The maximum Gasteiger partial charge on any atom is 0.164 e. The number of benzene rings is 3. The molecule has 0 aliphatic rings. The summed E-state index contributed by atoms with van der Waals surface area (Å²) in [6.45, 7) is 31.1. The molecule has 5 rings (SSSR count). The van der Waals surface area contributed by atoms with Crippen LogP contribution in [0.1, 0.15) is 121 Å². The number of aromatic nitrogens is 2. The topological polar surface area (TPSA) is 63.1 Å². The Morgan fingerprint density at radius 3 is 1.98 bits per heavy atom. The number of aliphatic hydroxyl groups is 1. The number of hydrogen-bond acceptors (Lipinski definition) is 5. The van der Waals surface area contributed by atoms with Crippen molar-refractivity contribution in [1.82, 2.24) is 9.97 Å². The van der Waals surface area contributed by atoms with E-state index >= 15 is 0 Å². The van der Waals surface area contributed by atoms with E-state index < -0.39 is 8.07 Å². The summed E-state index contributed by atoms with van der Waals surface area (Å²) in [4.78, 5) is 21.8. The summed E-state index contributed by atoms with van der Waals surface area (Å²) in [6, 6.07) is 24.6. The van der Waals surface area contributed by atoms with Crippen LogP contribution < -0.4 is 5.19 Å². The third-order valence-corrected chi connectivity index (χ3v) is 18.3. The van der Waals surface area contributed by atoms with E-state index in [1.807, 2.05) is 52.9 Å². The third kappa shape index (κ3) is 11.1. The molecular weight excluding hydrogens is 901 g/mol. The van der Waals surface area contributed by atoms with Gasteiger partial charge in [-0.1, -0.05) is 150 Å². The van der Waals surface area contributed by atoms with Gasteiger partial charge in [-0.2, -0.15) is 0 Å². The Hall–Kier alpha value is -2.70. The minimum Gasteiger partial charge on any atom is -0.512 e. The van der Waals surface area contributed by atoms with E-state index in [9.17, 15) is 9.90 Å². The second kappa shape index (κ2) is 19.4. The van der Waals surface area contributed by atoms with Crippen LogP contribution in [0.15, 0.2) is 66.7 Å². The first-order valence-electron chi connectivity index (χ1n) is 20.8. The Labute approximate surface area is 357 Å². The van der Waals surface area contributed by atoms with E-state index in [0.29, 0.717) is 11.8 Å². The normalized spacial score (nSPS) is 13.0. The summed E-state index contributed by atoms with van der Waals surface area (Å²) in [5.74, 6) is 1.63. The fraction of sp³-hybridized carbons (Fsp3) is 0.531. The molecule has 0 aliphatic heterocycles. The minimum atomic E-state index is -1.77. The van der Waals surface area contributed by atoms with E-state index in [2.05, 4.69) is 110 Å². The molecule has 0 saturated carbocycles. The molecule has 0 bridgehead atoms. The van der Waals surface area contributed by atoms with Crippen molar-refractivity contribution in [2.45, 2.75) is 141 Å². The number of aliphatic hydroxyl groups excluding tert-OH is 1. The molecule has 7 heteroatoms. The average Bonchev–Trinajstić information content (AvgIpc) is 3.50. The van der Waals surface area contributed by atoms with E-state index in [0.717, 1.165) is 48.9 Å². The molecule has 0 saturated heterocycles. The Bertz CT molecular complexity index is 2110. The molecule has 3 aromatic carbocycles. The van der Waals surface area contributed by atoms with Crippen LogP contribution in [0.25, 0.3) is 42.3 Å². The zero-order valence-corrected chi connectivity index (χ0v) is 41.1. The molecular formula is C49H69IrN2O2SSi-. The van der Waals surface area contributed by atoms with E-state index in [1.54, 1.807) is 11.5 Å². The number of ketones is 1. The summed E-state index contributed by atoms with van der Waals surface area (Å²) >= 11 is 1.83. The molecule has 1 N–H and O–H groups in total. The molecule has 5 aromatic rings. The van der Waals surface area contributed by atoms with E-state index in [1.165, 1.54) is 49.3 Å². The van der Waals surface area contributed by atoms with Crippen LogP contribution in [0.4, 0.5) is 0 Å². The molecule has 0 aliphatic carbocycles. The number of allylic oxidation sites excluding steroid dienone is 2. The monoisotopic (exact) mass is 970 g/mol. The van der Waals surface area contributed by atoms with E-state index in [-0.39, 0.29) is 47.9 Å². The van der Waals surface area contributed by atoms with Crippen molar-refractivity contribution in [2.75, 3.05) is 0 Å². The van der Waals surface area contributed by atoms with Gasteiger partial charge in [0.05, 0.1) is 13.6 Å². The van der Waals surface area contributed by atoms with Crippen LogP contribution >= 0.6 is 11.3 Å². The van der Waals surface area contributed by atoms with Crippen molar-refractivity contribution < 1.29 is 30.0 Å². The van der Waals surface area contributed by atoms with Crippen LogP contribution in [0, 0.1) is 34.1 Å². The molecule has 56 heavy (non-hydrogen) atoms. The van der Waals surface area contributed by atoms with Crippen LogP contribution in [-0.4, -0.2) is 28.9 Å². The summed E-state index contributed by atoms with van der Waals surface area (Å²) in [6.07, 6.45) is 7.56. The standard InChI is InChI=1S/C34H41N2SSi.C15H28O2.Ir/c1-22(2)19-38(8,20-23(3)4)30-17-26(16-25-11-9-10-12-27(25)30)31-33-32(36-21-35-31)28-14-13-24(15-29(28)37-33)18-34(5,6)7;1-7-14(5,8-2)12(16)11-13(17)15(6,9-3)10-4;/h9-15,17,21-23H,18-20H2,1-8H3;11,16H,7-10H2,1-6H3;/q-1;;/b;12-11-;. The Kier molecular flexibility index (Phi) is 16.5. The predicted octanol–water partition coefficient (Wildman–Crippen LogP) is 14.3. The molecule has 307 valence electrons. The van der Waals surface area contributed by atoms with Crippen molar-refractivity contribution in [2.24, 2.45) is 28.1 Å². The number of thiophene rings is 1. The van der Waals surface area contributed by atoms with Gasteiger partial charge >= 0.3 is 0 Å². The van der Waals surface area contributed by atoms with Crippen molar-refractivity contribution in [3.63, 3.8) is 0 Å². The molecule has 4 nitrogen and oxygen atoms in total. The molecule has 1 radical (unpaired) electrons. The van der Waals surface area contributed by atoms with Gasteiger partial charge < -0.3 is 5.11 Å². The first-order valence-corrected chi connectivity index (χ1v) is 24.5. The van der Waals surface area contributed by atoms with Gasteiger partial charge in [-0.3, -0.25) is 9.78 Å². The predicted molar refractivity (Wildman–Crippen MR) is 243 cm³/mol. The maximum absolute atomic E-state index is 12.2. The van der Waals surface area contributed by atoms with Crippen molar-refractivity contribution in [1.29, 1.82) is 0 Å². The van der Waals surface area contributed by atoms with Gasteiger partial charge in [0.1, 0.15) is 12.1 Å². The molecule has 2 heterocycles. The Morgan fingerprint density at radius 1 is 0.839 bits per heavy atom. The van der Waals surface area contributed by atoms with Gasteiger partial charge in [-0.25, -0.2) is 4.98 Å². The van der Waals surface area contributed by atoms with Crippen LogP contribution in [-0.2, 0) is 31.3 Å². The van der Waals surface area contributed by atoms with E-state index in [4.69, 9.17) is 9.97 Å². The van der Waals surface area contributed by atoms with Gasteiger partial charge in [0.2, 0.25) is 0 Å². The minimum absolute atomic E-state index is 0. The van der Waals surface area contributed by atoms with Crippen LogP contribution in [0.2, 0.25) is 18.6 Å². The Balaban J connectivity index is 0.000000398. The summed E-state index contributed by atoms with van der Waals surface area (Å²) in [7, 11) is -1.77. The number of rotatable bonds is 14. The third-order valence-electron chi connectivity index (χ3n) is 12.1. The second-order valence-corrected chi connectivity index (χ2v) is 24.4. The number of nitrogens with zero attached hydrogens (tertiary/aromatic N) is 2. The Morgan fingerprint density at radius 2 is 1.43 bits per heavy atom. The van der Waals surface area contributed by atoms with Gasteiger partial charge in [0, 0.05) is 57.5 Å². The summed E-state index contributed by atoms with van der Waals surface area (Å²) in [5, 5.41) is 15.5. The van der Waals surface area contributed by atoms with Crippen molar-refractivity contribution >= 4 is 61.5 Å². The SMILES string of the molecule is CC(C)C[Si](C)(CC(C)C)c1cc(-c2ncnc3c2sc2cc(CC(C)(C)C)ccc23)[c-]c2ccccc12.CCC(C)(CC)C(=O)/C=C(\O)C(C)(CC)CC.[Ir]. The van der Waals surface area contributed by atoms with Gasteiger partial charge in [0.25, 0.3) is 0 Å². The van der Waals surface area contributed by atoms with Crippen LogP contribution in [0.3, 0.4) is 0 Å². The van der Waals surface area contributed by atoms with Crippen molar-refractivity contribution in [3.8, 4) is 11.3 Å². The first kappa shape index (κ1) is 47.7. The fourth-order valence-electron chi connectivity index (χ4n) is 8.18. The number of carbonyl (C=O) groups excluding carboxylic acids is 1. The van der Waals surface area contributed by atoms with Crippen LogP contribution in [0.5, 0.6) is 0 Å². The average molecular weight is 970 g/mol. The number of fused-ring (bicyclic) bond motifs is 4. The molecule has 0 unspecified atom stereocenters. The maximum atomic E-state index is 12.2. The first-order chi connectivity index (χ1) is 25.7.